The maximum absolute atomic E-state index is 10.9. The van der Waals surface area contributed by atoms with Crippen LogP contribution in [0.3, 0.4) is 0 Å². The molecule has 0 saturated heterocycles. The van der Waals surface area contributed by atoms with Crippen molar-refractivity contribution in [1.82, 2.24) is 15.8 Å². The molecule has 0 unspecified atom stereocenters. The lowest BCUT2D eigenvalue weighted by Gasteiger charge is -2.01. The lowest BCUT2D eigenvalue weighted by molar-refractivity contribution is 0.239. The fourth-order valence-electron chi connectivity index (χ4n) is 0.724. The van der Waals surface area contributed by atoms with Crippen LogP contribution in [-0.2, 0) is 6.54 Å². The third-order valence-electron chi connectivity index (χ3n) is 1.25. The Labute approximate surface area is 70.1 Å². The van der Waals surface area contributed by atoms with Crippen molar-refractivity contribution in [2.45, 2.75) is 13.5 Å². The number of amides is 2. The normalized spacial score (nSPS) is 9.42. The first kappa shape index (κ1) is 8.58. The smallest absolute Gasteiger partial charge is 0.315 e. The van der Waals surface area contributed by atoms with Gasteiger partial charge in [-0.05, 0) is 6.92 Å². The van der Waals surface area contributed by atoms with Crippen LogP contribution >= 0.6 is 0 Å². The van der Waals surface area contributed by atoms with Gasteiger partial charge in [-0.2, -0.15) is 0 Å². The third kappa shape index (κ3) is 2.61. The molecule has 0 radical (unpaired) electrons. The second-order valence-corrected chi connectivity index (χ2v) is 2.19. The zero-order valence-electron chi connectivity index (χ0n) is 6.83. The Morgan fingerprint density at radius 3 is 3.08 bits per heavy atom. The number of urea groups is 1. The highest BCUT2D eigenvalue weighted by Gasteiger charge is 1.99. The van der Waals surface area contributed by atoms with E-state index in [2.05, 4.69) is 15.8 Å². The van der Waals surface area contributed by atoms with Crippen LogP contribution < -0.4 is 10.6 Å². The Morgan fingerprint density at radius 1 is 1.67 bits per heavy atom. The van der Waals surface area contributed by atoms with Gasteiger partial charge in [0, 0.05) is 12.6 Å². The maximum atomic E-state index is 10.9. The lowest BCUT2D eigenvalue weighted by atomic mass is 10.4. The molecule has 5 heteroatoms. The number of hydrogen-bond donors (Lipinski definition) is 2. The van der Waals surface area contributed by atoms with Gasteiger partial charge in [-0.1, -0.05) is 5.16 Å². The van der Waals surface area contributed by atoms with Gasteiger partial charge < -0.3 is 15.2 Å². The minimum Gasteiger partial charge on any atom is -0.360 e. The molecular formula is C7H11N3O2. The van der Waals surface area contributed by atoms with Crippen LogP contribution in [0.4, 0.5) is 4.79 Å². The van der Waals surface area contributed by atoms with Crippen LogP contribution in [0.25, 0.3) is 0 Å². The summed E-state index contributed by atoms with van der Waals surface area (Å²) < 4.78 is 4.77. The zero-order valence-corrected chi connectivity index (χ0v) is 6.83. The molecule has 66 valence electrons. The van der Waals surface area contributed by atoms with Crippen LogP contribution in [0.15, 0.2) is 16.8 Å². The van der Waals surface area contributed by atoms with Crippen molar-refractivity contribution in [3.05, 3.63) is 18.0 Å². The Bertz CT molecular complexity index is 233. The first-order valence-corrected chi connectivity index (χ1v) is 3.74. The summed E-state index contributed by atoms with van der Waals surface area (Å²) in [5.74, 6) is 0.640. The molecule has 0 fully saturated rings. The number of rotatable bonds is 3. The molecule has 0 saturated carbocycles. The molecule has 12 heavy (non-hydrogen) atoms. The quantitative estimate of drug-likeness (QED) is 0.692. The van der Waals surface area contributed by atoms with Crippen LogP contribution in [0.1, 0.15) is 12.7 Å². The fraction of sp³-hybridized carbons (Fsp3) is 0.429. The van der Waals surface area contributed by atoms with Gasteiger partial charge in [-0.25, -0.2) is 4.79 Å². The third-order valence-corrected chi connectivity index (χ3v) is 1.25. The summed E-state index contributed by atoms with van der Waals surface area (Å²) >= 11 is 0. The van der Waals surface area contributed by atoms with E-state index in [1.165, 1.54) is 6.20 Å². The van der Waals surface area contributed by atoms with E-state index in [9.17, 15) is 4.79 Å². The van der Waals surface area contributed by atoms with Gasteiger partial charge in [0.05, 0.1) is 12.7 Å². The molecule has 1 aromatic rings. The summed E-state index contributed by atoms with van der Waals surface area (Å²) in [6.45, 7) is 2.84. The summed E-state index contributed by atoms with van der Waals surface area (Å²) in [6, 6.07) is 1.50. The topological polar surface area (TPSA) is 67.2 Å². The highest BCUT2D eigenvalue weighted by molar-refractivity contribution is 5.73. The predicted molar refractivity (Wildman–Crippen MR) is 42.4 cm³/mol. The Hall–Kier alpha value is -1.52. The van der Waals surface area contributed by atoms with E-state index < -0.39 is 0 Å². The molecule has 2 N–H and O–H groups in total. The Balaban J connectivity index is 2.22. The summed E-state index contributed by atoms with van der Waals surface area (Å²) in [5, 5.41) is 8.70. The van der Waals surface area contributed by atoms with Gasteiger partial charge in [0.25, 0.3) is 0 Å². The highest BCUT2D eigenvalue weighted by Crippen LogP contribution is 1.93. The minimum absolute atomic E-state index is 0.200. The Morgan fingerprint density at radius 2 is 2.50 bits per heavy atom. The fourth-order valence-corrected chi connectivity index (χ4v) is 0.724. The van der Waals surface area contributed by atoms with Crippen LogP contribution in [0.2, 0.25) is 0 Å². The van der Waals surface area contributed by atoms with Crippen molar-refractivity contribution < 1.29 is 9.32 Å². The van der Waals surface area contributed by atoms with E-state index in [0.717, 1.165) is 0 Å². The largest absolute Gasteiger partial charge is 0.360 e. The highest BCUT2D eigenvalue weighted by atomic mass is 16.5. The molecule has 0 aromatic carbocycles. The molecule has 1 heterocycles. The average Bonchev–Trinajstić information content (AvgIpc) is 2.53. The minimum atomic E-state index is -0.200. The van der Waals surface area contributed by atoms with E-state index in [0.29, 0.717) is 18.8 Å². The molecule has 1 rings (SSSR count). The first-order valence-electron chi connectivity index (χ1n) is 3.74. The Kier molecular flexibility index (Phi) is 3.13. The predicted octanol–water partition coefficient (Wildman–Crippen LogP) is 0.494. The van der Waals surface area contributed by atoms with Crippen LogP contribution in [-0.4, -0.2) is 17.7 Å². The van der Waals surface area contributed by atoms with Gasteiger partial charge in [-0.3, -0.25) is 0 Å². The van der Waals surface area contributed by atoms with Gasteiger partial charge >= 0.3 is 6.03 Å². The van der Waals surface area contributed by atoms with Crippen molar-refractivity contribution in [3.8, 4) is 0 Å². The molecule has 0 aliphatic heterocycles. The number of aromatic nitrogens is 1. The first-order chi connectivity index (χ1) is 5.83. The van der Waals surface area contributed by atoms with E-state index in [1.807, 2.05) is 6.92 Å². The molecule has 2 amide bonds. The molecule has 0 aliphatic rings. The van der Waals surface area contributed by atoms with E-state index >= 15 is 0 Å². The van der Waals surface area contributed by atoms with Crippen molar-refractivity contribution in [3.63, 3.8) is 0 Å². The monoisotopic (exact) mass is 169 g/mol. The van der Waals surface area contributed by atoms with E-state index in [4.69, 9.17) is 4.52 Å². The van der Waals surface area contributed by atoms with Gasteiger partial charge in [-0.15, -0.1) is 0 Å². The van der Waals surface area contributed by atoms with E-state index in [-0.39, 0.29) is 6.03 Å². The number of nitrogens with one attached hydrogen (secondary N) is 2. The SMILES string of the molecule is CCNC(=O)NCc1ccno1. The number of hydrogen-bond acceptors (Lipinski definition) is 3. The number of nitrogens with zero attached hydrogens (tertiary/aromatic N) is 1. The molecule has 0 bridgehead atoms. The molecule has 5 nitrogen and oxygen atoms in total. The molecule has 0 aliphatic carbocycles. The lowest BCUT2D eigenvalue weighted by Crippen LogP contribution is -2.34. The summed E-state index contributed by atoms with van der Waals surface area (Å²) in [4.78, 5) is 10.9. The van der Waals surface area contributed by atoms with Crippen molar-refractivity contribution in [1.29, 1.82) is 0 Å². The van der Waals surface area contributed by atoms with Crippen LogP contribution in [0, 0.1) is 0 Å². The van der Waals surface area contributed by atoms with E-state index in [1.54, 1.807) is 6.07 Å². The second kappa shape index (κ2) is 4.38. The van der Waals surface area contributed by atoms with Crippen molar-refractivity contribution in [2.24, 2.45) is 0 Å². The zero-order chi connectivity index (χ0) is 8.81. The van der Waals surface area contributed by atoms with Gasteiger partial charge in [0.15, 0.2) is 5.76 Å². The molecule has 0 spiro atoms. The van der Waals surface area contributed by atoms with Crippen molar-refractivity contribution in [2.75, 3.05) is 6.54 Å². The number of carbonyl (C=O) groups is 1. The maximum Gasteiger partial charge on any atom is 0.315 e. The number of carbonyl (C=O) groups excluding carboxylic acids is 1. The molecule has 1 aromatic heterocycles. The second-order valence-electron chi connectivity index (χ2n) is 2.19. The molecular weight excluding hydrogens is 158 g/mol. The van der Waals surface area contributed by atoms with Gasteiger partial charge in [0.1, 0.15) is 0 Å². The summed E-state index contributed by atoms with van der Waals surface area (Å²) in [7, 11) is 0. The van der Waals surface area contributed by atoms with Crippen molar-refractivity contribution >= 4 is 6.03 Å². The summed E-state index contributed by atoms with van der Waals surface area (Å²) in [6.07, 6.45) is 1.54. The van der Waals surface area contributed by atoms with Crippen LogP contribution in [0.5, 0.6) is 0 Å². The summed E-state index contributed by atoms with van der Waals surface area (Å²) in [5.41, 5.74) is 0. The van der Waals surface area contributed by atoms with Gasteiger partial charge in [0.2, 0.25) is 0 Å². The average molecular weight is 169 g/mol. The molecule has 0 atom stereocenters. The standard InChI is InChI=1S/C7H11N3O2/c1-2-8-7(11)9-5-6-3-4-10-12-6/h3-4H,2,5H2,1H3,(H2,8,9,11).